The lowest BCUT2D eigenvalue weighted by Crippen LogP contribution is -2.25. The first-order valence-corrected chi connectivity index (χ1v) is 5.72. The summed E-state index contributed by atoms with van der Waals surface area (Å²) in [4.78, 5) is 0.560. The minimum Gasteiger partial charge on any atom is -0.122 e. The fraction of sp³-hybridized carbons (Fsp3) is 1.00. The smallest absolute Gasteiger partial charge is 0.0471 e. The first kappa shape index (κ1) is 8.60. The Labute approximate surface area is 83.0 Å². The molecule has 0 aromatic rings. The van der Waals surface area contributed by atoms with E-state index in [4.69, 9.17) is 11.6 Å². The second-order valence-corrected chi connectivity index (χ2v) is 5.94. The molecule has 0 aliphatic heterocycles. The van der Waals surface area contributed by atoms with Gasteiger partial charge in [0.25, 0.3) is 0 Å². The molecule has 3 heteroatoms. The van der Waals surface area contributed by atoms with Crippen LogP contribution >= 0.6 is 50.1 Å². The molecule has 1 rings (SSSR count). The van der Waals surface area contributed by atoms with Gasteiger partial charge in [0.2, 0.25) is 0 Å². The van der Waals surface area contributed by atoms with Gasteiger partial charge in [-0.3, -0.25) is 0 Å². The highest BCUT2D eigenvalue weighted by Crippen LogP contribution is 2.32. The number of alkyl halides is 3. The SMILES string of the molecule is ClC1CC(I)CCC1Br. The molecule has 54 valence electrons. The van der Waals surface area contributed by atoms with Gasteiger partial charge in [0.05, 0.1) is 0 Å². The molecule has 3 atom stereocenters. The molecule has 1 saturated carbocycles. The predicted octanol–water partition coefficient (Wildman–Crippen LogP) is 3.34. The van der Waals surface area contributed by atoms with Crippen molar-refractivity contribution in [2.75, 3.05) is 0 Å². The molecule has 0 saturated heterocycles. The third-order valence-corrected chi connectivity index (χ3v) is 4.64. The number of rotatable bonds is 0. The first-order chi connectivity index (χ1) is 4.20. The summed E-state index contributed by atoms with van der Waals surface area (Å²) < 4.78 is 0.805. The Hall–Kier alpha value is 1.50. The molecule has 9 heavy (non-hydrogen) atoms. The van der Waals surface area contributed by atoms with E-state index in [0.29, 0.717) is 10.2 Å². The van der Waals surface area contributed by atoms with Crippen LogP contribution in [0.25, 0.3) is 0 Å². The summed E-state index contributed by atoms with van der Waals surface area (Å²) in [5.41, 5.74) is 0. The Balaban J connectivity index is 2.35. The van der Waals surface area contributed by atoms with Crippen molar-refractivity contribution in [2.24, 2.45) is 0 Å². The van der Waals surface area contributed by atoms with E-state index in [9.17, 15) is 0 Å². The lowest BCUT2D eigenvalue weighted by Gasteiger charge is -2.25. The summed E-state index contributed by atoms with van der Waals surface area (Å²) in [6.45, 7) is 0. The molecule has 1 aliphatic carbocycles. The summed E-state index contributed by atoms with van der Waals surface area (Å²) in [7, 11) is 0. The van der Waals surface area contributed by atoms with Crippen molar-refractivity contribution < 1.29 is 0 Å². The van der Waals surface area contributed by atoms with E-state index in [2.05, 4.69) is 38.5 Å². The average molecular weight is 323 g/mol. The zero-order chi connectivity index (χ0) is 6.85. The van der Waals surface area contributed by atoms with Gasteiger partial charge in [0.1, 0.15) is 0 Å². The zero-order valence-electron chi connectivity index (χ0n) is 4.99. The largest absolute Gasteiger partial charge is 0.122 e. The number of hydrogen-bond acceptors (Lipinski definition) is 0. The van der Waals surface area contributed by atoms with Crippen molar-refractivity contribution in [2.45, 2.75) is 33.4 Å². The minimum atomic E-state index is 0.362. The maximum atomic E-state index is 6.01. The van der Waals surface area contributed by atoms with Gasteiger partial charge < -0.3 is 0 Å². The van der Waals surface area contributed by atoms with Crippen molar-refractivity contribution >= 4 is 50.1 Å². The molecule has 1 fully saturated rings. The van der Waals surface area contributed by atoms with Crippen LogP contribution in [-0.4, -0.2) is 14.1 Å². The van der Waals surface area contributed by atoms with E-state index in [-0.39, 0.29) is 0 Å². The van der Waals surface area contributed by atoms with E-state index in [1.54, 1.807) is 0 Å². The van der Waals surface area contributed by atoms with Crippen molar-refractivity contribution in [3.05, 3.63) is 0 Å². The quantitative estimate of drug-likeness (QED) is 0.474. The molecule has 0 aromatic heterocycles. The molecule has 0 N–H and O–H groups in total. The molecule has 0 nitrogen and oxygen atoms in total. The summed E-state index contributed by atoms with van der Waals surface area (Å²) in [5.74, 6) is 0. The van der Waals surface area contributed by atoms with Crippen LogP contribution in [0.1, 0.15) is 19.3 Å². The first-order valence-electron chi connectivity index (χ1n) is 3.12. The molecule has 0 amide bonds. The maximum Gasteiger partial charge on any atom is 0.0471 e. The van der Waals surface area contributed by atoms with Crippen LogP contribution in [0, 0.1) is 0 Å². The van der Waals surface area contributed by atoms with Crippen LogP contribution in [0.3, 0.4) is 0 Å². The van der Waals surface area contributed by atoms with Gasteiger partial charge >= 0.3 is 0 Å². The van der Waals surface area contributed by atoms with E-state index in [1.807, 2.05) is 0 Å². The standard InChI is InChI=1S/C6H9BrClI/c7-5-2-1-4(9)3-6(5)8/h4-6H,1-3H2. The highest BCUT2D eigenvalue weighted by molar-refractivity contribution is 14.1. The minimum absolute atomic E-state index is 0.362. The third-order valence-electron chi connectivity index (χ3n) is 1.63. The molecular weight excluding hydrogens is 314 g/mol. The maximum absolute atomic E-state index is 6.01. The molecule has 0 heterocycles. The summed E-state index contributed by atoms with van der Waals surface area (Å²) >= 11 is 12.0. The highest BCUT2D eigenvalue weighted by Gasteiger charge is 2.25. The number of halogens is 3. The van der Waals surface area contributed by atoms with Gasteiger partial charge in [-0.1, -0.05) is 38.5 Å². The van der Waals surface area contributed by atoms with Crippen molar-refractivity contribution in [1.29, 1.82) is 0 Å². The van der Waals surface area contributed by atoms with Crippen molar-refractivity contribution in [3.8, 4) is 0 Å². The van der Waals surface area contributed by atoms with Crippen LogP contribution in [0.2, 0.25) is 0 Å². The van der Waals surface area contributed by atoms with Gasteiger partial charge in [0.15, 0.2) is 0 Å². The molecule has 1 aliphatic rings. The molecule has 0 spiro atoms. The predicted molar refractivity (Wildman–Crippen MR) is 54.0 cm³/mol. The van der Waals surface area contributed by atoms with E-state index in [0.717, 1.165) is 10.3 Å². The summed E-state index contributed by atoms with van der Waals surface area (Å²) in [5, 5.41) is 0.362. The fourth-order valence-electron chi connectivity index (χ4n) is 1.03. The zero-order valence-corrected chi connectivity index (χ0v) is 9.49. The van der Waals surface area contributed by atoms with Gasteiger partial charge in [-0.25, -0.2) is 0 Å². The Kier molecular flexibility index (Phi) is 3.60. The lowest BCUT2D eigenvalue weighted by atomic mass is 10.0. The Morgan fingerprint density at radius 1 is 1.44 bits per heavy atom. The van der Waals surface area contributed by atoms with Crippen LogP contribution < -0.4 is 0 Å². The van der Waals surface area contributed by atoms with Crippen LogP contribution in [0.5, 0.6) is 0 Å². The Morgan fingerprint density at radius 3 is 2.56 bits per heavy atom. The van der Waals surface area contributed by atoms with Crippen molar-refractivity contribution in [1.82, 2.24) is 0 Å². The van der Waals surface area contributed by atoms with Crippen LogP contribution in [0.4, 0.5) is 0 Å². The van der Waals surface area contributed by atoms with Crippen LogP contribution in [0.15, 0.2) is 0 Å². The molecule has 0 aromatic carbocycles. The summed E-state index contributed by atoms with van der Waals surface area (Å²) in [6.07, 6.45) is 3.72. The molecule has 0 radical (unpaired) electrons. The van der Waals surface area contributed by atoms with Crippen molar-refractivity contribution in [3.63, 3.8) is 0 Å². The van der Waals surface area contributed by atoms with E-state index in [1.165, 1.54) is 12.8 Å². The van der Waals surface area contributed by atoms with Gasteiger partial charge in [-0.05, 0) is 19.3 Å². The second kappa shape index (κ2) is 3.77. The Bertz CT molecular complexity index is 99.1. The van der Waals surface area contributed by atoms with Gasteiger partial charge in [-0.2, -0.15) is 0 Å². The number of hydrogen-bond donors (Lipinski definition) is 0. The normalized spacial score (nSPS) is 45.0. The monoisotopic (exact) mass is 322 g/mol. The second-order valence-electron chi connectivity index (χ2n) is 2.44. The topological polar surface area (TPSA) is 0 Å². The fourth-order valence-corrected chi connectivity index (χ4v) is 3.06. The third kappa shape index (κ3) is 2.54. The van der Waals surface area contributed by atoms with Crippen LogP contribution in [-0.2, 0) is 0 Å². The average Bonchev–Trinajstić information content (AvgIpc) is 1.80. The lowest BCUT2D eigenvalue weighted by molar-refractivity contribution is 0.553. The highest BCUT2D eigenvalue weighted by atomic mass is 127. The summed E-state index contributed by atoms with van der Waals surface area (Å²) in [6, 6.07) is 0. The van der Waals surface area contributed by atoms with Gasteiger partial charge in [-0.15, -0.1) is 11.6 Å². The molecular formula is C6H9BrClI. The molecule has 3 unspecified atom stereocenters. The van der Waals surface area contributed by atoms with E-state index >= 15 is 0 Å². The van der Waals surface area contributed by atoms with Gasteiger partial charge in [0, 0.05) is 14.1 Å². The van der Waals surface area contributed by atoms with E-state index < -0.39 is 0 Å². The molecule has 0 bridgehead atoms. The Morgan fingerprint density at radius 2 is 2.11 bits per heavy atom.